The van der Waals surface area contributed by atoms with Crippen LogP contribution in [0.3, 0.4) is 0 Å². The van der Waals surface area contributed by atoms with E-state index in [1.54, 1.807) is 30.3 Å². The minimum absolute atomic E-state index is 0.0550. The number of anilines is 1. The molecule has 0 aliphatic heterocycles. The third-order valence-electron chi connectivity index (χ3n) is 3.56. The second kappa shape index (κ2) is 9.16. The van der Waals surface area contributed by atoms with E-state index in [1.165, 1.54) is 42.3 Å². The molecule has 0 aliphatic carbocycles. The maximum absolute atomic E-state index is 12.9. The first kappa shape index (κ1) is 19.6. The van der Waals surface area contributed by atoms with E-state index in [-0.39, 0.29) is 17.4 Å². The normalized spacial score (nSPS) is 10.6. The van der Waals surface area contributed by atoms with Crippen LogP contribution in [0.5, 0.6) is 5.75 Å². The Bertz CT molecular complexity index is 935. The third-order valence-corrected chi connectivity index (χ3v) is 5.87. The average Bonchev–Trinajstić information content (AvgIpc) is 3.13. The van der Waals surface area contributed by atoms with E-state index in [0.717, 1.165) is 5.56 Å². The summed E-state index contributed by atoms with van der Waals surface area (Å²) in [6.45, 7) is 0.517. The van der Waals surface area contributed by atoms with E-state index in [2.05, 4.69) is 15.5 Å². The van der Waals surface area contributed by atoms with E-state index >= 15 is 0 Å². The maximum atomic E-state index is 12.9. The van der Waals surface area contributed by atoms with Gasteiger partial charge in [0, 0.05) is 12.1 Å². The molecule has 2 aromatic carbocycles. The molecule has 1 aromatic heterocycles. The Labute approximate surface area is 168 Å². The Kier molecular flexibility index (Phi) is 6.65. The molecule has 1 heterocycles. The highest BCUT2D eigenvalue weighted by atomic mass is 35.5. The Hall–Kier alpha value is -2.16. The average molecular weight is 424 g/mol. The number of halogens is 2. The van der Waals surface area contributed by atoms with Crippen LogP contribution in [0, 0.1) is 5.82 Å². The number of carbonyl (C=O) groups excluding carboxylic acids is 1. The maximum Gasteiger partial charge on any atom is 0.206 e. The van der Waals surface area contributed by atoms with Gasteiger partial charge in [-0.2, -0.15) is 0 Å². The molecule has 0 amide bonds. The summed E-state index contributed by atoms with van der Waals surface area (Å²) in [6.07, 6.45) is 0. The van der Waals surface area contributed by atoms with Gasteiger partial charge in [-0.05, 0) is 35.9 Å². The lowest BCUT2D eigenvalue weighted by atomic mass is 10.1. The molecule has 0 bridgehead atoms. The van der Waals surface area contributed by atoms with Gasteiger partial charge in [-0.1, -0.05) is 46.8 Å². The summed E-state index contributed by atoms with van der Waals surface area (Å²) in [5.74, 6) is 0.438. The zero-order valence-electron chi connectivity index (χ0n) is 14.2. The van der Waals surface area contributed by atoms with Crippen LogP contribution in [0.2, 0.25) is 5.02 Å². The predicted molar refractivity (Wildman–Crippen MR) is 107 cm³/mol. The first-order chi connectivity index (χ1) is 13.0. The van der Waals surface area contributed by atoms with Crippen molar-refractivity contribution in [1.82, 2.24) is 10.2 Å². The van der Waals surface area contributed by atoms with Crippen molar-refractivity contribution in [3.63, 3.8) is 0 Å². The number of hydrogen-bond acceptors (Lipinski definition) is 7. The number of rotatable bonds is 8. The smallest absolute Gasteiger partial charge is 0.206 e. The van der Waals surface area contributed by atoms with Crippen LogP contribution in [-0.4, -0.2) is 28.8 Å². The van der Waals surface area contributed by atoms with Crippen LogP contribution < -0.4 is 10.1 Å². The SMILES string of the molecule is COc1ccc(C(=O)CSc2nnc(NCc3ccc(F)cc3)s2)cc1Cl. The summed E-state index contributed by atoms with van der Waals surface area (Å²) in [5.41, 5.74) is 1.46. The Morgan fingerprint density at radius 2 is 2.04 bits per heavy atom. The Morgan fingerprint density at radius 3 is 2.74 bits per heavy atom. The van der Waals surface area contributed by atoms with Crippen molar-refractivity contribution >= 4 is 45.6 Å². The number of carbonyl (C=O) groups is 1. The molecule has 0 radical (unpaired) electrons. The summed E-state index contributed by atoms with van der Waals surface area (Å²) in [5, 5.41) is 12.3. The highest BCUT2D eigenvalue weighted by Crippen LogP contribution is 2.28. The van der Waals surface area contributed by atoms with Crippen molar-refractivity contribution in [3.05, 3.63) is 64.4 Å². The van der Waals surface area contributed by atoms with Gasteiger partial charge in [0.05, 0.1) is 17.9 Å². The molecule has 5 nitrogen and oxygen atoms in total. The summed E-state index contributed by atoms with van der Waals surface area (Å²) in [7, 11) is 1.52. The molecule has 0 spiro atoms. The van der Waals surface area contributed by atoms with Crippen LogP contribution in [0.15, 0.2) is 46.8 Å². The molecular weight excluding hydrogens is 409 g/mol. The molecule has 1 N–H and O–H groups in total. The first-order valence-corrected chi connectivity index (χ1v) is 10.0. The standard InChI is InChI=1S/C18H15ClFN3O2S2/c1-25-16-7-4-12(8-14(16)19)15(24)10-26-18-23-22-17(27-18)21-9-11-2-5-13(20)6-3-11/h2-8H,9-10H2,1H3,(H,21,22). The number of aromatic nitrogens is 2. The van der Waals surface area contributed by atoms with Crippen molar-refractivity contribution in [1.29, 1.82) is 0 Å². The van der Waals surface area contributed by atoms with E-state index in [0.29, 0.717) is 32.4 Å². The van der Waals surface area contributed by atoms with Crippen molar-refractivity contribution in [2.24, 2.45) is 0 Å². The first-order valence-electron chi connectivity index (χ1n) is 7.86. The summed E-state index contributed by atoms with van der Waals surface area (Å²) < 4.78 is 18.7. The second-order valence-electron chi connectivity index (χ2n) is 5.41. The highest BCUT2D eigenvalue weighted by Gasteiger charge is 2.12. The van der Waals surface area contributed by atoms with Crippen LogP contribution in [-0.2, 0) is 6.54 Å². The molecule has 0 unspecified atom stereocenters. The summed E-state index contributed by atoms with van der Waals surface area (Å²) in [6, 6.07) is 11.2. The number of Topliss-reactive ketones (excluding diaryl/α,β-unsaturated/α-hetero) is 1. The van der Waals surface area contributed by atoms with Gasteiger partial charge in [0.2, 0.25) is 5.13 Å². The lowest BCUT2D eigenvalue weighted by molar-refractivity contribution is 0.102. The van der Waals surface area contributed by atoms with Gasteiger partial charge in [-0.25, -0.2) is 4.39 Å². The minimum Gasteiger partial charge on any atom is -0.495 e. The van der Waals surface area contributed by atoms with Crippen molar-refractivity contribution in [2.45, 2.75) is 10.9 Å². The third kappa shape index (κ3) is 5.41. The summed E-state index contributed by atoms with van der Waals surface area (Å²) >= 11 is 8.73. The van der Waals surface area contributed by atoms with Gasteiger partial charge in [0.25, 0.3) is 0 Å². The zero-order chi connectivity index (χ0) is 19.2. The number of ether oxygens (including phenoxy) is 1. The van der Waals surface area contributed by atoms with Crippen LogP contribution in [0.4, 0.5) is 9.52 Å². The van der Waals surface area contributed by atoms with Crippen molar-refractivity contribution in [3.8, 4) is 5.75 Å². The molecule has 9 heteroatoms. The Morgan fingerprint density at radius 1 is 1.26 bits per heavy atom. The second-order valence-corrected chi connectivity index (χ2v) is 8.02. The number of nitrogens with zero attached hydrogens (tertiary/aromatic N) is 2. The van der Waals surface area contributed by atoms with Gasteiger partial charge >= 0.3 is 0 Å². The zero-order valence-corrected chi connectivity index (χ0v) is 16.6. The molecule has 0 saturated heterocycles. The molecule has 0 saturated carbocycles. The molecular formula is C18H15ClFN3O2S2. The topological polar surface area (TPSA) is 64.1 Å². The molecule has 140 valence electrons. The van der Waals surface area contributed by atoms with Crippen LogP contribution in [0.25, 0.3) is 0 Å². The number of methoxy groups -OCH3 is 1. The molecule has 3 aromatic rings. The van der Waals surface area contributed by atoms with Gasteiger partial charge in [-0.15, -0.1) is 10.2 Å². The number of nitrogens with one attached hydrogen (secondary N) is 1. The fourth-order valence-electron chi connectivity index (χ4n) is 2.17. The fraction of sp³-hybridized carbons (Fsp3) is 0.167. The molecule has 27 heavy (non-hydrogen) atoms. The monoisotopic (exact) mass is 423 g/mol. The number of ketones is 1. The van der Waals surface area contributed by atoms with Gasteiger partial charge in [0.1, 0.15) is 11.6 Å². The summed E-state index contributed by atoms with van der Waals surface area (Å²) in [4.78, 5) is 12.3. The Balaban J connectivity index is 1.52. The fourth-order valence-corrected chi connectivity index (χ4v) is 4.07. The van der Waals surface area contributed by atoms with Gasteiger partial charge < -0.3 is 10.1 Å². The quantitative estimate of drug-likeness (QED) is 0.409. The van der Waals surface area contributed by atoms with E-state index in [1.807, 2.05) is 0 Å². The number of benzene rings is 2. The van der Waals surface area contributed by atoms with E-state index in [9.17, 15) is 9.18 Å². The largest absolute Gasteiger partial charge is 0.495 e. The van der Waals surface area contributed by atoms with Crippen molar-refractivity contribution in [2.75, 3.05) is 18.2 Å². The van der Waals surface area contributed by atoms with E-state index in [4.69, 9.17) is 16.3 Å². The number of hydrogen-bond donors (Lipinski definition) is 1. The lowest BCUT2D eigenvalue weighted by Crippen LogP contribution is -2.02. The van der Waals surface area contributed by atoms with Crippen molar-refractivity contribution < 1.29 is 13.9 Å². The molecule has 0 fully saturated rings. The van der Waals surface area contributed by atoms with Gasteiger partial charge in [-0.3, -0.25) is 4.79 Å². The molecule has 3 rings (SSSR count). The lowest BCUT2D eigenvalue weighted by Gasteiger charge is -2.04. The molecule has 0 atom stereocenters. The highest BCUT2D eigenvalue weighted by molar-refractivity contribution is 8.01. The minimum atomic E-state index is -0.267. The molecule has 0 aliphatic rings. The van der Waals surface area contributed by atoms with Gasteiger partial charge in [0.15, 0.2) is 10.1 Å². The predicted octanol–water partition coefficient (Wildman–Crippen LogP) is 4.93. The van der Waals surface area contributed by atoms with E-state index < -0.39 is 0 Å². The van der Waals surface area contributed by atoms with Crippen LogP contribution >= 0.6 is 34.7 Å². The van der Waals surface area contributed by atoms with Crippen LogP contribution in [0.1, 0.15) is 15.9 Å². The number of thioether (sulfide) groups is 1.